The molecule has 0 amide bonds. The molecule has 3 nitrogen and oxygen atoms in total. The lowest BCUT2D eigenvalue weighted by atomic mass is 10.00. The standard InChI is InChI=1S/C12H17NO2S/c1-13(8-10-4-6-15-7-5-10)12-3-2-11(9-14)16-12/h2-3,9-10H,4-8H2,1H3. The van der Waals surface area contributed by atoms with Crippen LogP contribution in [0.25, 0.3) is 0 Å². The fourth-order valence-electron chi connectivity index (χ4n) is 2.02. The second-order valence-electron chi connectivity index (χ2n) is 4.23. The Morgan fingerprint density at radius 2 is 2.25 bits per heavy atom. The first-order valence-electron chi connectivity index (χ1n) is 5.63. The van der Waals surface area contributed by atoms with Crippen LogP contribution in [0.4, 0.5) is 5.00 Å². The summed E-state index contributed by atoms with van der Waals surface area (Å²) in [7, 11) is 2.09. The second-order valence-corrected chi connectivity index (χ2v) is 5.32. The molecular formula is C12H17NO2S. The van der Waals surface area contributed by atoms with Crippen molar-refractivity contribution in [2.24, 2.45) is 5.92 Å². The summed E-state index contributed by atoms with van der Waals surface area (Å²) in [4.78, 5) is 13.7. The fraction of sp³-hybridized carbons (Fsp3) is 0.583. The minimum atomic E-state index is 0.723. The molecule has 2 heterocycles. The van der Waals surface area contributed by atoms with Gasteiger partial charge in [-0.15, -0.1) is 11.3 Å². The minimum Gasteiger partial charge on any atom is -0.381 e. The van der Waals surface area contributed by atoms with E-state index in [0.29, 0.717) is 0 Å². The van der Waals surface area contributed by atoms with Crippen molar-refractivity contribution >= 4 is 22.6 Å². The van der Waals surface area contributed by atoms with Crippen molar-refractivity contribution in [3.8, 4) is 0 Å². The summed E-state index contributed by atoms with van der Waals surface area (Å²) in [5.74, 6) is 0.723. The van der Waals surface area contributed by atoms with Crippen molar-refractivity contribution in [2.75, 3.05) is 31.7 Å². The molecule has 0 unspecified atom stereocenters. The van der Waals surface area contributed by atoms with Gasteiger partial charge in [0.15, 0.2) is 6.29 Å². The Morgan fingerprint density at radius 1 is 1.50 bits per heavy atom. The van der Waals surface area contributed by atoms with E-state index < -0.39 is 0 Å². The maximum atomic E-state index is 10.6. The van der Waals surface area contributed by atoms with Gasteiger partial charge in [-0.1, -0.05) is 0 Å². The quantitative estimate of drug-likeness (QED) is 0.756. The number of anilines is 1. The van der Waals surface area contributed by atoms with Crippen molar-refractivity contribution in [2.45, 2.75) is 12.8 Å². The highest BCUT2D eigenvalue weighted by molar-refractivity contribution is 7.17. The summed E-state index contributed by atoms with van der Waals surface area (Å²) in [5.41, 5.74) is 0. The van der Waals surface area contributed by atoms with Crippen molar-refractivity contribution in [3.63, 3.8) is 0 Å². The van der Waals surface area contributed by atoms with Gasteiger partial charge in [0.1, 0.15) is 0 Å². The predicted octanol–water partition coefficient (Wildman–Crippen LogP) is 2.42. The highest BCUT2D eigenvalue weighted by atomic mass is 32.1. The molecule has 0 saturated carbocycles. The Labute approximate surface area is 100 Å². The Morgan fingerprint density at radius 3 is 2.88 bits per heavy atom. The van der Waals surface area contributed by atoms with Crippen LogP contribution in [0.5, 0.6) is 0 Å². The molecule has 0 bridgehead atoms. The monoisotopic (exact) mass is 239 g/mol. The van der Waals surface area contributed by atoms with Gasteiger partial charge in [-0.05, 0) is 30.9 Å². The van der Waals surface area contributed by atoms with Crippen molar-refractivity contribution in [3.05, 3.63) is 17.0 Å². The number of nitrogens with zero attached hydrogens (tertiary/aromatic N) is 1. The van der Waals surface area contributed by atoms with Gasteiger partial charge in [-0.25, -0.2) is 0 Å². The Balaban J connectivity index is 1.90. The third-order valence-corrected chi connectivity index (χ3v) is 4.10. The van der Waals surface area contributed by atoms with Crippen LogP contribution >= 0.6 is 11.3 Å². The molecule has 1 aliphatic heterocycles. The molecule has 0 aromatic carbocycles. The highest BCUT2D eigenvalue weighted by Crippen LogP contribution is 2.26. The number of hydrogen-bond acceptors (Lipinski definition) is 4. The topological polar surface area (TPSA) is 29.5 Å². The van der Waals surface area contributed by atoms with Gasteiger partial charge >= 0.3 is 0 Å². The van der Waals surface area contributed by atoms with Crippen LogP contribution in [0.15, 0.2) is 12.1 Å². The van der Waals surface area contributed by atoms with E-state index in [9.17, 15) is 4.79 Å². The number of rotatable bonds is 4. The number of carbonyl (C=O) groups is 1. The lowest BCUT2D eigenvalue weighted by Crippen LogP contribution is -2.28. The van der Waals surface area contributed by atoms with Gasteiger partial charge < -0.3 is 9.64 Å². The molecule has 4 heteroatoms. The third-order valence-electron chi connectivity index (χ3n) is 2.98. The summed E-state index contributed by atoms with van der Waals surface area (Å²) in [5, 5.41) is 1.17. The van der Waals surface area contributed by atoms with E-state index >= 15 is 0 Å². The number of ether oxygens (including phenoxy) is 1. The molecule has 16 heavy (non-hydrogen) atoms. The molecule has 1 aromatic heterocycles. The first kappa shape index (κ1) is 11.6. The molecule has 1 aliphatic rings. The SMILES string of the molecule is CN(CC1CCOCC1)c1ccc(C=O)s1. The molecule has 0 N–H and O–H groups in total. The van der Waals surface area contributed by atoms with E-state index in [1.54, 1.807) is 11.3 Å². The van der Waals surface area contributed by atoms with E-state index in [-0.39, 0.29) is 0 Å². The normalized spacial score (nSPS) is 17.3. The van der Waals surface area contributed by atoms with Crippen LogP contribution in [0.1, 0.15) is 22.5 Å². The Bertz CT molecular complexity index is 345. The summed E-state index contributed by atoms with van der Waals surface area (Å²) in [6.45, 7) is 2.84. The molecule has 2 rings (SSSR count). The molecule has 0 aliphatic carbocycles. The predicted molar refractivity (Wildman–Crippen MR) is 66.5 cm³/mol. The van der Waals surface area contributed by atoms with E-state index in [0.717, 1.165) is 49.7 Å². The molecule has 1 aromatic rings. The van der Waals surface area contributed by atoms with E-state index in [2.05, 4.69) is 11.9 Å². The zero-order valence-electron chi connectivity index (χ0n) is 9.52. The number of aldehydes is 1. The molecule has 1 fully saturated rings. The van der Waals surface area contributed by atoms with Gasteiger partial charge in [0.25, 0.3) is 0 Å². The van der Waals surface area contributed by atoms with Crippen LogP contribution in [-0.4, -0.2) is 33.1 Å². The largest absolute Gasteiger partial charge is 0.381 e. The van der Waals surface area contributed by atoms with Crippen molar-refractivity contribution < 1.29 is 9.53 Å². The zero-order valence-corrected chi connectivity index (χ0v) is 10.3. The van der Waals surface area contributed by atoms with Gasteiger partial charge in [-0.2, -0.15) is 0 Å². The van der Waals surface area contributed by atoms with Crippen molar-refractivity contribution in [1.82, 2.24) is 0 Å². The van der Waals surface area contributed by atoms with Crippen LogP contribution in [0, 0.1) is 5.92 Å². The van der Waals surface area contributed by atoms with E-state index in [1.165, 1.54) is 5.00 Å². The zero-order chi connectivity index (χ0) is 11.4. The van der Waals surface area contributed by atoms with Gasteiger partial charge in [-0.3, -0.25) is 4.79 Å². The summed E-state index contributed by atoms with van der Waals surface area (Å²) in [6, 6.07) is 3.90. The minimum absolute atomic E-state index is 0.723. The number of hydrogen-bond donors (Lipinski definition) is 0. The van der Waals surface area contributed by atoms with Crippen LogP contribution in [0.2, 0.25) is 0 Å². The maximum Gasteiger partial charge on any atom is 0.160 e. The molecule has 0 spiro atoms. The molecule has 1 saturated heterocycles. The van der Waals surface area contributed by atoms with Crippen LogP contribution < -0.4 is 4.90 Å². The molecular weight excluding hydrogens is 222 g/mol. The molecule has 88 valence electrons. The summed E-state index contributed by atoms with van der Waals surface area (Å²) in [6.07, 6.45) is 3.21. The molecule has 0 radical (unpaired) electrons. The van der Waals surface area contributed by atoms with Gasteiger partial charge in [0, 0.05) is 26.8 Å². The second kappa shape index (κ2) is 5.46. The Kier molecular flexibility index (Phi) is 3.96. The van der Waals surface area contributed by atoms with Crippen LogP contribution in [0.3, 0.4) is 0 Å². The van der Waals surface area contributed by atoms with Gasteiger partial charge in [0.05, 0.1) is 9.88 Å². The lowest BCUT2D eigenvalue weighted by molar-refractivity contribution is 0.0685. The number of thiophene rings is 1. The number of carbonyl (C=O) groups excluding carboxylic acids is 1. The van der Waals surface area contributed by atoms with E-state index in [1.807, 2.05) is 12.1 Å². The maximum absolute atomic E-state index is 10.6. The highest BCUT2D eigenvalue weighted by Gasteiger charge is 2.16. The summed E-state index contributed by atoms with van der Waals surface area (Å²) < 4.78 is 5.35. The van der Waals surface area contributed by atoms with E-state index in [4.69, 9.17) is 4.74 Å². The van der Waals surface area contributed by atoms with Gasteiger partial charge in [0.2, 0.25) is 0 Å². The smallest absolute Gasteiger partial charge is 0.160 e. The van der Waals surface area contributed by atoms with Crippen LogP contribution in [-0.2, 0) is 4.74 Å². The third kappa shape index (κ3) is 2.83. The van der Waals surface area contributed by atoms with Crippen molar-refractivity contribution in [1.29, 1.82) is 0 Å². The fourth-order valence-corrected chi connectivity index (χ4v) is 2.81. The average molecular weight is 239 g/mol. The lowest BCUT2D eigenvalue weighted by Gasteiger charge is -2.27. The summed E-state index contributed by atoms with van der Waals surface area (Å²) >= 11 is 1.56. The first-order valence-corrected chi connectivity index (χ1v) is 6.45. The first-order chi connectivity index (χ1) is 7.79. The Hall–Kier alpha value is -0.870. The molecule has 0 atom stereocenters. The average Bonchev–Trinajstić information content (AvgIpc) is 2.79.